The van der Waals surface area contributed by atoms with Crippen LogP contribution in [0, 0.1) is 0 Å². The number of anilines is 1. The largest absolute Gasteiger partial charge is 0.398 e. The van der Waals surface area contributed by atoms with Crippen LogP contribution >= 0.6 is 0 Å². The average Bonchev–Trinajstić information content (AvgIpc) is 2.51. The molecule has 0 fully saturated rings. The molecule has 1 amide bonds. The summed E-state index contributed by atoms with van der Waals surface area (Å²) >= 11 is 0. The van der Waals surface area contributed by atoms with Gasteiger partial charge in [0.2, 0.25) is 0 Å². The van der Waals surface area contributed by atoms with Gasteiger partial charge in [-0.15, -0.1) is 0 Å². The molecule has 0 spiro atoms. The quantitative estimate of drug-likeness (QED) is 0.850. The minimum Gasteiger partial charge on any atom is -0.398 e. The number of rotatable bonds is 6. The molecule has 0 unspecified atom stereocenters. The maximum Gasteiger partial charge on any atom is 0.270 e. The van der Waals surface area contributed by atoms with Crippen LogP contribution in [0.3, 0.4) is 0 Å². The lowest BCUT2D eigenvalue weighted by Gasteiger charge is -2.17. The minimum absolute atomic E-state index is 0.181. The van der Waals surface area contributed by atoms with E-state index in [4.69, 9.17) is 5.73 Å². The van der Waals surface area contributed by atoms with Crippen LogP contribution in [0.4, 0.5) is 5.69 Å². The molecule has 1 aromatic heterocycles. The molecule has 3 N–H and O–H groups in total. The van der Waals surface area contributed by atoms with Crippen molar-refractivity contribution in [1.82, 2.24) is 15.2 Å². The molecular weight excluding hydrogens is 264 g/mol. The van der Waals surface area contributed by atoms with Crippen molar-refractivity contribution >= 4 is 22.5 Å². The summed E-state index contributed by atoms with van der Waals surface area (Å²) in [6.45, 7) is 7.62. The van der Waals surface area contributed by atoms with Gasteiger partial charge in [-0.1, -0.05) is 32.0 Å². The Hall–Kier alpha value is -2.14. The summed E-state index contributed by atoms with van der Waals surface area (Å²) in [6.07, 6.45) is 0. The van der Waals surface area contributed by atoms with Crippen molar-refractivity contribution < 1.29 is 4.79 Å². The predicted octanol–water partition coefficient (Wildman–Crippen LogP) is 1.89. The first-order valence-corrected chi connectivity index (χ1v) is 7.31. The number of nitrogen functional groups attached to an aromatic ring is 1. The normalized spacial score (nSPS) is 11.0. The molecule has 0 aliphatic rings. The van der Waals surface area contributed by atoms with Gasteiger partial charge in [-0.05, 0) is 25.2 Å². The third-order valence-electron chi connectivity index (χ3n) is 3.59. The number of amides is 1. The Morgan fingerprint density at radius 2 is 2.00 bits per heavy atom. The molecule has 5 heteroatoms. The van der Waals surface area contributed by atoms with Gasteiger partial charge in [0.05, 0.1) is 5.52 Å². The summed E-state index contributed by atoms with van der Waals surface area (Å²) in [5.74, 6) is -0.181. The van der Waals surface area contributed by atoms with Crippen LogP contribution in [-0.2, 0) is 0 Å². The van der Waals surface area contributed by atoms with Crippen molar-refractivity contribution in [2.75, 3.05) is 31.9 Å². The minimum atomic E-state index is -0.181. The predicted molar refractivity (Wildman–Crippen MR) is 86.3 cm³/mol. The highest BCUT2D eigenvalue weighted by molar-refractivity contribution is 5.99. The second-order valence-corrected chi connectivity index (χ2v) is 4.90. The van der Waals surface area contributed by atoms with Crippen LogP contribution in [0.5, 0.6) is 0 Å². The molecule has 0 aliphatic carbocycles. The van der Waals surface area contributed by atoms with E-state index in [1.54, 1.807) is 6.07 Å². The van der Waals surface area contributed by atoms with E-state index in [9.17, 15) is 4.79 Å². The number of hydrogen-bond donors (Lipinski definition) is 2. The second kappa shape index (κ2) is 7.04. The first-order valence-electron chi connectivity index (χ1n) is 7.31. The maximum absolute atomic E-state index is 12.2. The molecule has 1 aromatic carbocycles. The highest BCUT2D eigenvalue weighted by atomic mass is 16.1. The monoisotopic (exact) mass is 286 g/mol. The van der Waals surface area contributed by atoms with Crippen molar-refractivity contribution in [1.29, 1.82) is 0 Å². The number of carbonyl (C=O) groups is 1. The molecule has 2 rings (SSSR count). The van der Waals surface area contributed by atoms with E-state index in [1.807, 2.05) is 24.3 Å². The third kappa shape index (κ3) is 3.70. The molecule has 0 radical (unpaired) electrons. The zero-order valence-corrected chi connectivity index (χ0v) is 12.6. The van der Waals surface area contributed by atoms with Crippen molar-refractivity contribution in [2.45, 2.75) is 13.8 Å². The summed E-state index contributed by atoms with van der Waals surface area (Å²) in [7, 11) is 0. The molecular formula is C16H22N4O. The Kier molecular flexibility index (Phi) is 5.11. The van der Waals surface area contributed by atoms with Crippen LogP contribution in [0.25, 0.3) is 10.9 Å². The van der Waals surface area contributed by atoms with Crippen LogP contribution in [0.15, 0.2) is 30.3 Å². The van der Waals surface area contributed by atoms with Crippen LogP contribution < -0.4 is 11.1 Å². The molecule has 0 bridgehead atoms. The number of para-hydroxylation sites is 1. The number of likely N-dealkylation sites (N-methyl/N-ethyl adjacent to an activating group) is 1. The number of pyridine rings is 1. The van der Waals surface area contributed by atoms with Gasteiger partial charge >= 0.3 is 0 Å². The summed E-state index contributed by atoms with van der Waals surface area (Å²) in [5.41, 5.74) is 7.67. The fraction of sp³-hybridized carbons (Fsp3) is 0.375. The Morgan fingerprint density at radius 1 is 1.29 bits per heavy atom. The van der Waals surface area contributed by atoms with Crippen LogP contribution in [0.1, 0.15) is 24.3 Å². The van der Waals surface area contributed by atoms with Gasteiger partial charge in [-0.2, -0.15) is 0 Å². The molecule has 1 heterocycles. The fourth-order valence-electron chi connectivity index (χ4n) is 2.28. The SMILES string of the molecule is CCN(CC)CCNC(=O)c1cc(N)c2ccccc2n1. The van der Waals surface area contributed by atoms with Gasteiger partial charge in [0.15, 0.2) is 0 Å². The van der Waals surface area contributed by atoms with E-state index < -0.39 is 0 Å². The molecule has 0 saturated heterocycles. The lowest BCUT2D eigenvalue weighted by Crippen LogP contribution is -2.35. The maximum atomic E-state index is 12.2. The first kappa shape index (κ1) is 15.3. The summed E-state index contributed by atoms with van der Waals surface area (Å²) in [6, 6.07) is 9.19. The van der Waals surface area contributed by atoms with E-state index in [0.29, 0.717) is 17.9 Å². The van der Waals surface area contributed by atoms with E-state index in [1.165, 1.54) is 0 Å². The molecule has 21 heavy (non-hydrogen) atoms. The van der Waals surface area contributed by atoms with Crippen molar-refractivity contribution in [3.8, 4) is 0 Å². The first-order chi connectivity index (χ1) is 10.2. The zero-order chi connectivity index (χ0) is 15.2. The zero-order valence-electron chi connectivity index (χ0n) is 12.6. The molecule has 0 atom stereocenters. The second-order valence-electron chi connectivity index (χ2n) is 4.90. The molecule has 5 nitrogen and oxygen atoms in total. The van der Waals surface area contributed by atoms with Crippen molar-refractivity contribution in [2.24, 2.45) is 0 Å². The van der Waals surface area contributed by atoms with E-state index in [-0.39, 0.29) is 5.91 Å². The Morgan fingerprint density at radius 3 is 2.71 bits per heavy atom. The lowest BCUT2D eigenvalue weighted by atomic mass is 10.1. The Labute approximate surface area is 125 Å². The van der Waals surface area contributed by atoms with Crippen LogP contribution in [-0.4, -0.2) is 42.0 Å². The molecule has 0 aliphatic heterocycles. The van der Waals surface area contributed by atoms with Gasteiger partial charge in [0, 0.05) is 24.2 Å². The van der Waals surface area contributed by atoms with Crippen LogP contribution in [0.2, 0.25) is 0 Å². The van der Waals surface area contributed by atoms with E-state index in [2.05, 4.69) is 29.0 Å². The number of nitrogens with one attached hydrogen (secondary N) is 1. The summed E-state index contributed by atoms with van der Waals surface area (Å²) < 4.78 is 0. The van der Waals surface area contributed by atoms with Crippen molar-refractivity contribution in [3.05, 3.63) is 36.0 Å². The number of fused-ring (bicyclic) bond motifs is 1. The average molecular weight is 286 g/mol. The summed E-state index contributed by atoms with van der Waals surface area (Å²) in [5, 5.41) is 3.76. The van der Waals surface area contributed by atoms with Gasteiger partial charge in [0.25, 0.3) is 5.91 Å². The highest BCUT2D eigenvalue weighted by Crippen LogP contribution is 2.19. The van der Waals surface area contributed by atoms with E-state index in [0.717, 1.165) is 30.5 Å². The number of nitrogens with two attached hydrogens (primary N) is 1. The number of carbonyl (C=O) groups excluding carboxylic acids is 1. The van der Waals surface area contributed by atoms with Gasteiger partial charge in [0.1, 0.15) is 5.69 Å². The van der Waals surface area contributed by atoms with Gasteiger partial charge in [-0.3, -0.25) is 4.79 Å². The molecule has 0 saturated carbocycles. The number of benzene rings is 1. The van der Waals surface area contributed by atoms with E-state index >= 15 is 0 Å². The van der Waals surface area contributed by atoms with Gasteiger partial charge in [-0.25, -0.2) is 4.98 Å². The number of nitrogens with zero attached hydrogens (tertiary/aromatic N) is 2. The number of hydrogen-bond acceptors (Lipinski definition) is 4. The van der Waals surface area contributed by atoms with Crippen molar-refractivity contribution in [3.63, 3.8) is 0 Å². The molecule has 112 valence electrons. The topological polar surface area (TPSA) is 71.2 Å². The third-order valence-corrected chi connectivity index (χ3v) is 3.59. The Balaban J connectivity index is 2.06. The molecule has 2 aromatic rings. The standard InChI is InChI=1S/C16H22N4O/c1-3-20(4-2)10-9-18-16(21)15-11-13(17)12-7-5-6-8-14(12)19-15/h5-8,11H,3-4,9-10H2,1-2H3,(H2,17,19)(H,18,21). The fourth-order valence-corrected chi connectivity index (χ4v) is 2.28. The van der Waals surface area contributed by atoms with Gasteiger partial charge < -0.3 is 16.0 Å². The smallest absolute Gasteiger partial charge is 0.270 e. The number of aromatic nitrogens is 1. The Bertz CT molecular complexity index is 623. The highest BCUT2D eigenvalue weighted by Gasteiger charge is 2.10. The summed E-state index contributed by atoms with van der Waals surface area (Å²) in [4.78, 5) is 18.8. The lowest BCUT2D eigenvalue weighted by molar-refractivity contribution is 0.0944.